The summed E-state index contributed by atoms with van der Waals surface area (Å²) in [7, 11) is -1.02. The van der Waals surface area contributed by atoms with Crippen molar-refractivity contribution in [3.05, 3.63) is 48.5 Å². The number of aromatic nitrogens is 1. The molecule has 0 saturated heterocycles. The first-order valence-electron chi connectivity index (χ1n) is 5.38. The average Bonchev–Trinajstić information content (AvgIpc) is 2.35. The van der Waals surface area contributed by atoms with Crippen LogP contribution >= 0.6 is 0 Å². The van der Waals surface area contributed by atoms with Crippen LogP contribution in [-0.2, 0) is 10.8 Å². The van der Waals surface area contributed by atoms with E-state index in [1.54, 1.807) is 6.26 Å². The predicted octanol–water partition coefficient (Wildman–Crippen LogP) is 3.13. The molecule has 0 aliphatic carbocycles. The molecule has 1 heterocycles. The summed E-state index contributed by atoms with van der Waals surface area (Å²) in [6.07, 6.45) is 1.72. The van der Waals surface area contributed by atoms with E-state index >= 15 is 0 Å². The van der Waals surface area contributed by atoms with E-state index < -0.39 is 10.8 Å². The van der Waals surface area contributed by atoms with E-state index in [0.29, 0.717) is 0 Å². The van der Waals surface area contributed by atoms with Gasteiger partial charge in [0.2, 0.25) is 0 Å². The van der Waals surface area contributed by atoms with Gasteiger partial charge in [-0.1, -0.05) is 36.4 Å². The molecule has 0 N–H and O–H groups in total. The molecule has 3 rings (SSSR count). The fraction of sp³-hybridized carbons (Fsp3) is 0.0714. The van der Waals surface area contributed by atoms with Crippen molar-refractivity contribution >= 4 is 32.6 Å². The van der Waals surface area contributed by atoms with Crippen LogP contribution in [0.4, 0.5) is 0 Å². The second-order valence-corrected chi connectivity index (χ2v) is 5.25. The molecule has 0 aliphatic heterocycles. The molecule has 1 atom stereocenters. The zero-order valence-electron chi connectivity index (χ0n) is 9.38. The fourth-order valence-corrected chi connectivity index (χ4v) is 3.08. The molecular formula is C14H11NOS. The number of benzene rings is 2. The Balaban J connectivity index is 2.61. The third kappa shape index (κ3) is 1.63. The summed E-state index contributed by atoms with van der Waals surface area (Å²) in [6.45, 7) is 0. The summed E-state index contributed by atoms with van der Waals surface area (Å²) in [5.41, 5.74) is 1.80. The van der Waals surface area contributed by atoms with Crippen molar-refractivity contribution in [2.45, 2.75) is 4.90 Å². The van der Waals surface area contributed by atoms with Crippen LogP contribution in [0.25, 0.3) is 21.8 Å². The zero-order chi connectivity index (χ0) is 11.8. The van der Waals surface area contributed by atoms with Gasteiger partial charge in [-0.25, -0.2) is 4.98 Å². The predicted molar refractivity (Wildman–Crippen MR) is 71.6 cm³/mol. The molecule has 1 unspecified atom stereocenters. The number of fused-ring (bicyclic) bond motifs is 2. The molecule has 0 radical (unpaired) electrons. The number of hydrogen-bond acceptors (Lipinski definition) is 2. The highest BCUT2D eigenvalue weighted by molar-refractivity contribution is 7.84. The van der Waals surface area contributed by atoms with Crippen LogP contribution < -0.4 is 0 Å². The van der Waals surface area contributed by atoms with E-state index in [9.17, 15) is 4.21 Å². The number of nitrogens with zero attached hydrogens (tertiary/aromatic N) is 1. The van der Waals surface area contributed by atoms with Gasteiger partial charge < -0.3 is 0 Å². The van der Waals surface area contributed by atoms with Crippen LogP contribution in [0.1, 0.15) is 0 Å². The van der Waals surface area contributed by atoms with Gasteiger partial charge in [0, 0.05) is 17.0 Å². The van der Waals surface area contributed by atoms with E-state index in [0.717, 1.165) is 26.7 Å². The fourth-order valence-electron chi connectivity index (χ4n) is 2.11. The first-order chi connectivity index (χ1) is 8.27. The number of para-hydroxylation sites is 2. The van der Waals surface area contributed by atoms with Crippen molar-refractivity contribution in [3.63, 3.8) is 0 Å². The van der Waals surface area contributed by atoms with Gasteiger partial charge in [-0.15, -0.1) is 0 Å². The van der Waals surface area contributed by atoms with Crippen LogP contribution in [0.15, 0.2) is 53.4 Å². The lowest BCUT2D eigenvalue weighted by atomic mass is 10.1. The SMILES string of the molecule is CS(=O)c1c2ccccc2nc2ccccc12. The molecule has 3 aromatic rings. The van der Waals surface area contributed by atoms with Gasteiger partial charge in [0.05, 0.1) is 26.7 Å². The molecule has 0 saturated carbocycles. The van der Waals surface area contributed by atoms with Gasteiger partial charge >= 0.3 is 0 Å². The molecule has 0 bridgehead atoms. The monoisotopic (exact) mass is 241 g/mol. The maximum absolute atomic E-state index is 12.0. The Morgan fingerprint density at radius 1 is 0.882 bits per heavy atom. The third-order valence-electron chi connectivity index (χ3n) is 2.83. The Morgan fingerprint density at radius 2 is 1.35 bits per heavy atom. The maximum Gasteiger partial charge on any atom is 0.0721 e. The molecule has 0 aliphatic rings. The average molecular weight is 241 g/mol. The number of rotatable bonds is 1. The molecule has 84 valence electrons. The highest BCUT2D eigenvalue weighted by atomic mass is 32.2. The van der Waals surface area contributed by atoms with Crippen molar-refractivity contribution < 1.29 is 4.21 Å². The van der Waals surface area contributed by atoms with Crippen molar-refractivity contribution in [1.82, 2.24) is 4.98 Å². The second-order valence-electron chi connectivity index (χ2n) is 3.93. The second kappa shape index (κ2) is 3.93. The molecule has 0 amide bonds. The minimum Gasteiger partial charge on any atom is -0.255 e. The highest BCUT2D eigenvalue weighted by Crippen LogP contribution is 2.27. The normalized spacial score (nSPS) is 13.0. The smallest absolute Gasteiger partial charge is 0.0721 e. The molecule has 2 aromatic carbocycles. The topological polar surface area (TPSA) is 30.0 Å². The lowest BCUT2D eigenvalue weighted by Gasteiger charge is -2.07. The van der Waals surface area contributed by atoms with E-state index in [2.05, 4.69) is 4.98 Å². The quantitative estimate of drug-likeness (QED) is 0.613. The van der Waals surface area contributed by atoms with Crippen LogP contribution in [0.5, 0.6) is 0 Å². The Morgan fingerprint density at radius 3 is 1.82 bits per heavy atom. The third-order valence-corrected chi connectivity index (χ3v) is 3.84. The van der Waals surface area contributed by atoms with E-state index in [1.165, 1.54) is 0 Å². The number of pyridine rings is 1. The van der Waals surface area contributed by atoms with Crippen LogP contribution in [-0.4, -0.2) is 15.4 Å². The Kier molecular flexibility index (Phi) is 2.41. The van der Waals surface area contributed by atoms with Crippen molar-refractivity contribution in [2.75, 3.05) is 6.26 Å². The minimum atomic E-state index is -1.02. The van der Waals surface area contributed by atoms with Gasteiger partial charge in [0.25, 0.3) is 0 Å². The van der Waals surface area contributed by atoms with E-state index in [4.69, 9.17) is 0 Å². The largest absolute Gasteiger partial charge is 0.255 e. The Bertz CT molecular complexity index is 682. The molecule has 3 heteroatoms. The lowest BCUT2D eigenvalue weighted by molar-refractivity contribution is 0.688. The summed E-state index contributed by atoms with van der Waals surface area (Å²) in [5, 5.41) is 1.96. The van der Waals surface area contributed by atoms with Gasteiger partial charge in [-0.05, 0) is 12.1 Å². The van der Waals surface area contributed by atoms with Gasteiger partial charge in [-0.3, -0.25) is 4.21 Å². The van der Waals surface area contributed by atoms with Crippen molar-refractivity contribution in [1.29, 1.82) is 0 Å². The van der Waals surface area contributed by atoms with Crippen LogP contribution in [0.2, 0.25) is 0 Å². The van der Waals surface area contributed by atoms with Gasteiger partial charge in [0.1, 0.15) is 0 Å². The van der Waals surface area contributed by atoms with Crippen molar-refractivity contribution in [2.24, 2.45) is 0 Å². The summed E-state index contributed by atoms with van der Waals surface area (Å²) in [6, 6.07) is 15.7. The lowest BCUT2D eigenvalue weighted by Crippen LogP contribution is -1.94. The van der Waals surface area contributed by atoms with Crippen LogP contribution in [0, 0.1) is 0 Å². The highest BCUT2D eigenvalue weighted by Gasteiger charge is 2.10. The molecule has 17 heavy (non-hydrogen) atoms. The summed E-state index contributed by atoms with van der Waals surface area (Å²) < 4.78 is 12.0. The zero-order valence-corrected chi connectivity index (χ0v) is 10.2. The number of hydrogen-bond donors (Lipinski definition) is 0. The van der Waals surface area contributed by atoms with E-state index in [1.807, 2.05) is 48.5 Å². The summed E-state index contributed by atoms with van der Waals surface area (Å²) >= 11 is 0. The minimum absolute atomic E-state index is 0.881. The van der Waals surface area contributed by atoms with Gasteiger partial charge in [0.15, 0.2) is 0 Å². The van der Waals surface area contributed by atoms with Crippen LogP contribution in [0.3, 0.4) is 0 Å². The molecule has 1 aromatic heterocycles. The molecule has 0 spiro atoms. The summed E-state index contributed by atoms with van der Waals surface area (Å²) in [5.74, 6) is 0. The van der Waals surface area contributed by atoms with Gasteiger partial charge in [-0.2, -0.15) is 0 Å². The molecule has 0 fully saturated rings. The molecular weight excluding hydrogens is 230 g/mol. The summed E-state index contributed by atoms with van der Waals surface area (Å²) in [4.78, 5) is 5.47. The van der Waals surface area contributed by atoms with Crippen molar-refractivity contribution in [3.8, 4) is 0 Å². The standard InChI is InChI=1S/C14H11NOS/c1-17(16)14-10-6-2-4-8-12(10)15-13-9-5-3-7-11(13)14/h2-9H,1H3. The first-order valence-corrected chi connectivity index (χ1v) is 6.94. The maximum atomic E-state index is 12.0. The van der Waals surface area contributed by atoms with E-state index in [-0.39, 0.29) is 0 Å². The first kappa shape index (κ1) is 10.4. The Labute approximate surface area is 102 Å². The molecule has 2 nitrogen and oxygen atoms in total. The Hall–Kier alpha value is -1.74.